The van der Waals surface area contributed by atoms with Gasteiger partial charge in [-0.2, -0.15) is 5.26 Å². The zero-order valence-electron chi connectivity index (χ0n) is 21.5. The maximum atomic E-state index is 13.1. The van der Waals surface area contributed by atoms with Crippen LogP contribution in [0.1, 0.15) is 77.3 Å². The first kappa shape index (κ1) is 27.1. The largest absolute Gasteiger partial charge is 0.369 e. The van der Waals surface area contributed by atoms with Crippen LogP contribution in [0.15, 0.2) is 23.0 Å². The molecule has 0 saturated heterocycles. The zero-order valence-corrected chi connectivity index (χ0v) is 21.5. The molecular weight excluding hydrogens is 426 g/mol. The Bertz CT molecular complexity index is 1080. The molecule has 0 radical (unpaired) electrons. The van der Waals surface area contributed by atoms with Gasteiger partial charge >= 0.3 is 0 Å². The SMILES string of the molecule is CCN(c1cc(C#N)cc(C(=O)NCc2c(C)cc(C)[nH]c2=O)c1C)C1CCCCC1.CNC. The predicted molar refractivity (Wildman–Crippen MR) is 138 cm³/mol. The molecule has 0 atom stereocenters. The first-order chi connectivity index (χ1) is 16.3. The van der Waals surface area contributed by atoms with Gasteiger partial charge in [0.05, 0.1) is 11.6 Å². The standard InChI is InChI=1S/C25H32N4O2.C2H7N/c1-5-29(20-9-7-6-8-10-20)23-13-19(14-26)12-21(18(23)4)24(30)27-15-22-16(2)11-17(3)28-25(22)31;1-3-2/h11-13,20H,5-10,15H2,1-4H3,(H,27,30)(H,28,31);3H,1-2H3. The Morgan fingerprint density at radius 3 is 2.35 bits per heavy atom. The molecule has 1 aliphatic carbocycles. The van der Waals surface area contributed by atoms with E-state index >= 15 is 0 Å². The molecule has 1 amide bonds. The van der Waals surface area contributed by atoms with E-state index in [2.05, 4.69) is 33.5 Å². The Balaban J connectivity index is 0.00000129. The molecule has 1 aliphatic rings. The van der Waals surface area contributed by atoms with Crippen LogP contribution in [0.2, 0.25) is 0 Å². The van der Waals surface area contributed by atoms with E-state index in [1.807, 2.05) is 47.0 Å². The third-order valence-electron chi connectivity index (χ3n) is 6.34. The summed E-state index contributed by atoms with van der Waals surface area (Å²) in [7, 11) is 3.75. The third-order valence-corrected chi connectivity index (χ3v) is 6.34. The summed E-state index contributed by atoms with van der Waals surface area (Å²) in [6, 6.07) is 8.09. The minimum Gasteiger partial charge on any atom is -0.369 e. The van der Waals surface area contributed by atoms with Crippen molar-refractivity contribution < 1.29 is 4.79 Å². The van der Waals surface area contributed by atoms with Gasteiger partial charge in [0, 0.05) is 41.6 Å². The van der Waals surface area contributed by atoms with Crippen LogP contribution < -0.4 is 21.1 Å². The van der Waals surface area contributed by atoms with Gasteiger partial charge in [-0.15, -0.1) is 0 Å². The van der Waals surface area contributed by atoms with E-state index < -0.39 is 0 Å². The number of nitrogens with zero attached hydrogens (tertiary/aromatic N) is 2. The quantitative estimate of drug-likeness (QED) is 0.596. The Morgan fingerprint density at radius 2 is 1.79 bits per heavy atom. The lowest BCUT2D eigenvalue weighted by Crippen LogP contribution is -2.37. The van der Waals surface area contributed by atoms with Crippen molar-refractivity contribution in [3.8, 4) is 6.07 Å². The second-order valence-corrected chi connectivity index (χ2v) is 8.98. The summed E-state index contributed by atoms with van der Waals surface area (Å²) >= 11 is 0. The highest BCUT2D eigenvalue weighted by molar-refractivity contribution is 5.97. The Morgan fingerprint density at radius 1 is 1.15 bits per heavy atom. The van der Waals surface area contributed by atoms with Crippen LogP contribution in [0.3, 0.4) is 0 Å². The van der Waals surface area contributed by atoms with Crippen molar-refractivity contribution in [2.45, 2.75) is 72.4 Å². The molecule has 2 aromatic rings. The second-order valence-electron chi connectivity index (χ2n) is 8.98. The molecule has 1 aromatic carbocycles. The Hall–Kier alpha value is -3.11. The van der Waals surface area contributed by atoms with Crippen molar-refractivity contribution in [2.75, 3.05) is 25.5 Å². The van der Waals surface area contributed by atoms with Crippen LogP contribution in [0.5, 0.6) is 0 Å². The van der Waals surface area contributed by atoms with Gasteiger partial charge < -0.3 is 20.5 Å². The summed E-state index contributed by atoms with van der Waals surface area (Å²) in [5.74, 6) is -0.269. The molecule has 1 saturated carbocycles. The summed E-state index contributed by atoms with van der Waals surface area (Å²) < 4.78 is 0. The van der Waals surface area contributed by atoms with Gasteiger partial charge in [-0.3, -0.25) is 9.59 Å². The van der Waals surface area contributed by atoms with E-state index in [0.29, 0.717) is 22.7 Å². The van der Waals surface area contributed by atoms with Gasteiger partial charge in [0.15, 0.2) is 0 Å². The number of carbonyl (C=O) groups excluding carboxylic acids is 1. The number of pyridine rings is 1. The summed E-state index contributed by atoms with van der Waals surface area (Å²) in [6.07, 6.45) is 5.99. The number of rotatable bonds is 6. The molecule has 3 rings (SSSR count). The average Bonchev–Trinajstić information content (AvgIpc) is 2.81. The van der Waals surface area contributed by atoms with Crippen molar-refractivity contribution in [2.24, 2.45) is 0 Å². The van der Waals surface area contributed by atoms with Crippen molar-refractivity contribution in [3.63, 3.8) is 0 Å². The third kappa shape index (κ3) is 6.71. The van der Waals surface area contributed by atoms with Crippen LogP contribution in [0, 0.1) is 32.1 Å². The van der Waals surface area contributed by atoms with Gasteiger partial charge in [0.1, 0.15) is 0 Å². The summed E-state index contributed by atoms with van der Waals surface area (Å²) in [5.41, 5.74) is 4.80. The van der Waals surface area contributed by atoms with Gasteiger partial charge in [-0.05, 0) is 84.0 Å². The van der Waals surface area contributed by atoms with Gasteiger partial charge in [-0.1, -0.05) is 19.3 Å². The molecule has 7 nitrogen and oxygen atoms in total. The normalized spacial score (nSPS) is 13.4. The van der Waals surface area contributed by atoms with E-state index in [1.54, 1.807) is 6.07 Å². The number of amides is 1. The Kier molecular flexibility index (Phi) is 10.3. The fourth-order valence-electron chi connectivity index (χ4n) is 4.68. The molecule has 1 aromatic heterocycles. The first-order valence-electron chi connectivity index (χ1n) is 12.1. The molecule has 3 N–H and O–H groups in total. The average molecular weight is 466 g/mol. The highest BCUT2D eigenvalue weighted by Crippen LogP contribution is 2.32. The molecule has 0 bridgehead atoms. The van der Waals surface area contributed by atoms with Crippen LogP contribution in [-0.4, -0.2) is 37.6 Å². The number of benzene rings is 1. The van der Waals surface area contributed by atoms with E-state index in [4.69, 9.17) is 0 Å². The number of anilines is 1. The number of H-pyrrole nitrogens is 1. The van der Waals surface area contributed by atoms with E-state index in [1.165, 1.54) is 19.3 Å². The molecule has 0 aliphatic heterocycles. The monoisotopic (exact) mass is 465 g/mol. The lowest BCUT2D eigenvalue weighted by atomic mass is 9.92. The number of carbonyl (C=O) groups is 1. The predicted octanol–water partition coefficient (Wildman–Crippen LogP) is 4.10. The van der Waals surface area contributed by atoms with Crippen LogP contribution in [0.25, 0.3) is 0 Å². The topological polar surface area (TPSA) is 101 Å². The lowest BCUT2D eigenvalue weighted by molar-refractivity contribution is 0.0950. The van der Waals surface area contributed by atoms with E-state index in [0.717, 1.165) is 41.9 Å². The molecular formula is C27H39N5O2. The molecule has 184 valence electrons. The van der Waals surface area contributed by atoms with Crippen molar-refractivity contribution in [1.29, 1.82) is 5.26 Å². The number of nitriles is 1. The maximum absolute atomic E-state index is 13.1. The van der Waals surface area contributed by atoms with Gasteiger partial charge in [0.2, 0.25) is 0 Å². The fourth-order valence-corrected chi connectivity index (χ4v) is 4.68. The van der Waals surface area contributed by atoms with Crippen molar-refractivity contribution >= 4 is 11.6 Å². The van der Waals surface area contributed by atoms with E-state index in [-0.39, 0.29) is 18.0 Å². The van der Waals surface area contributed by atoms with Crippen LogP contribution in [0.4, 0.5) is 5.69 Å². The smallest absolute Gasteiger partial charge is 0.253 e. The number of aromatic amines is 1. The number of aromatic nitrogens is 1. The molecule has 1 fully saturated rings. The molecule has 1 heterocycles. The number of nitrogens with one attached hydrogen (secondary N) is 3. The van der Waals surface area contributed by atoms with Gasteiger partial charge in [0.25, 0.3) is 11.5 Å². The second kappa shape index (κ2) is 13.0. The molecule has 0 spiro atoms. The minimum absolute atomic E-state index is 0.145. The number of hydrogen-bond donors (Lipinski definition) is 3. The molecule has 34 heavy (non-hydrogen) atoms. The number of hydrogen-bond acceptors (Lipinski definition) is 5. The maximum Gasteiger partial charge on any atom is 0.253 e. The summed E-state index contributed by atoms with van der Waals surface area (Å²) in [5, 5.41) is 15.2. The highest BCUT2D eigenvalue weighted by atomic mass is 16.1. The number of aryl methyl sites for hydroxylation is 2. The lowest BCUT2D eigenvalue weighted by Gasteiger charge is -2.36. The molecule has 7 heteroatoms. The van der Waals surface area contributed by atoms with Gasteiger partial charge in [-0.25, -0.2) is 0 Å². The first-order valence-corrected chi connectivity index (χ1v) is 12.1. The summed E-state index contributed by atoms with van der Waals surface area (Å²) in [6.45, 7) is 8.75. The van der Waals surface area contributed by atoms with Crippen molar-refractivity contribution in [3.05, 3.63) is 62.1 Å². The van der Waals surface area contributed by atoms with Crippen molar-refractivity contribution in [1.82, 2.24) is 15.6 Å². The van der Waals surface area contributed by atoms with Crippen LogP contribution in [-0.2, 0) is 6.54 Å². The Labute approximate surface area is 203 Å². The minimum atomic E-state index is -0.269. The van der Waals surface area contributed by atoms with Crippen LogP contribution >= 0.6 is 0 Å². The molecule has 0 unspecified atom stereocenters. The highest BCUT2D eigenvalue weighted by Gasteiger charge is 2.24. The van der Waals surface area contributed by atoms with E-state index in [9.17, 15) is 14.9 Å². The summed E-state index contributed by atoms with van der Waals surface area (Å²) in [4.78, 5) is 30.5. The fraction of sp³-hybridized carbons (Fsp3) is 0.519. The zero-order chi connectivity index (χ0) is 25.3.